The lowest BCUT2D eigenvalue weighted by molar-refractivity contribution is 0.0197. The molecule has 1 unspecified atom stereocenters. The number of nitrogens with one attached hydrogen (secondary N) is 1. The summed E-state index contributed by atoms with van der Waals surface area (Å²) < 4.78 is 12.8. The molecule has 11 heteroatoms. The molecule has 4 heterocycles. The zero-order chi connectivity index (χ0) is 26.2. The maximum Gasteiger partial charge on any atom is 0.410 e. The fourth-order valence-corrected chi connectivity index (χ4v) is 4.63. The first-order valence-electron chi connectivity index (χ1n) is 12.2. The molecule has 3 N–H and O–H groups in total. The lowest BCUT2D eigenvalue weighted by Crippen LogP contribution is -2.40. The number of methoxy groups -OCH3 is 1. The lowest BCUT2D eigenvalue weighted by atomic mass is 10.1. The van der Waals surface area contributed by atoms with Gasteiger partial charge in [0.05, 0.1) is 23.1 Å². The molecule has 11 nitrogen and oxygen atoms in total. The molecule has 3 aromatic heterocycles. The van der Waals surface area contributed by atoms with Gasteiger partial charge in [-0.05, 0) is 57.7 Å². The second kappa shape index (κ2) is 9.71. The van der Waals surface area contributed by atoms with Gasteiger partial charge in [-0.25, -0.2) is 19.4 Å². The average molecular weight is 503 g/mol. The van der Waals surface area contributed by atoms with Crippen LogP contribution in [0.2, 0.25) is 0 Å². The predicted molar refractivity (Wildman–Crippen MR) is 139 cm³/mol. The highest BCUT2D eigenvalue weighted by Gasteiger charge is 2.39. The largest absolute Gasteiger partial charge is 0.444 e. The number of hydrogen-bond acceptors (Lipinski definition) is 8. The first kappa shape index (κ1) is 24.5. The molecule has 1 aromatic carbocycles. The van der Waals surface area contributed by atoms with Crippen molar-refractivity contribution in [3.05, 3.63) is 42.0 Å². The van der Waals surface area contributed by atoms with Crippen LogP contribution in [-0.2, 0) is 9.47 Å². The van der Waals surface area contributed by atoms with Crippen molar-refractivity contribution in [2.75, 3.05) is 26.0 Å². The fourth-order valence-electron chi connectivity index (χ4n) is 4.63. The number of amides is 1. The number of nitrogens with two attached hydrogens (primary N) is 1. The van der Waals surface area contributed by atoms with Crippen LogP contribution in [-0.4, -0.2) is 72.8 Å². The molecule has 0 bridgehead atoms. The smallest absolute Gasteiger partial charge is 0.410 e. The predicted octanol–water partition coefficient (Wildman–Crippen LogP) is 3.27. The molecule has 1 amide bonds. The summed E-state index contributed by atoms with van der Waals surface area (Å²) in [6.07, 6.45) is 4.19. The van der Waals surface area contributed by atoms with Gasteiger partial charge in [0, 0.05) is 37.3 Å². The van der Waals surface area contributed by atoms with Gasteiger partial charge in [-0.3, -0.25) is 5.10 Å². The Kier molecular flexibility index (Phi) is 6.43. The maximum absolute atomic E-state index is 13.0. The van der Waals surface area contributed by atoms with Crippen molar-refractivity contribution in [1.29, 1.82) is 0 Å². The van der Waals surface area contributed by atoms with E-state index in [0.29, 0.717) is 48.5 Å². The number of benzene rings is 1. The third-order valence-corrected chi connectivity index (χ3v) is 6.31. The number of ether oxygens (including phenoxy) is 2. The number of anilines is 1. The standard InChI is InChI=1S/C26H30N8O3/c1-26(2,3)37-25(35)33-14-19(12-18(33)9-10-36-4)34-24-22(23(27)28-15-29-24)21(32-34)8-6-16-5-7-20-17(11-16)13-30-31-20/h5,7,11,13,15,18-19H,9-10,12,14H2,1-4H3,(H,30,31)(H2,27,28,29)/t18-,19?/m0/s1. The van der Waals surface area contributed by atoms with Crippen molar-refractivity contribution in [1.82, 2.24) is 34.8 Å². The van der Waals surface area contributed by atoms with E-state index in [1.807, 2.05) is 43.7 Å². The van der Waals surface area contributed by atoms with E-state index in [4.69, 9.17) is 20.3 Å². The van der Waals surface area contributed by atoms with Crippen molar-refractivity contribution in [3.63, 3.8) is 0 Å². The molecular formula is C26H30N8O3. The van der Waals surface area contributed by atoms with Crippen molar-refractivity contribution in [2.45, 2.75) is 51.3 Å². The molecule has 1 aliphatic heterocycles. The first-order chi connectivity index (χ1) is 17.7. The number of nitrogen functional groups attached to an aromatic ring is 1. The summed E-state index contributed by atoms with van der Waals surface area (Å²) in [7, 11) is 1.65. The highest BCUT2D eigenvalue weighted by molar-refractivity contribution is 5.90. The molecule has 5 rings (SSSR count). The van der Waals surface area contributed by atoms with Gasteiger partial charge in [-0.15, -0.1) is 0 Å². The number of rotatable bonds is 4. The minimum Gasteiger partial charge on any atom is -0.444 e. The lowest BCUT2D eigenvalue weighted by Gasteiger charge is -2.28. The number of aromatic nitrogens is 6. The van der Waals surface area contributed by atoms with E-state index in [1.165, 1.54) is 6.33 Å². The van der Waals surface area contributed by atoms with Crippen LogP contribution in [0.25, 0.3) is 21.9 Å². The van der Waals surface area contributed by atoms with Crippen LogP contribution in [0.15, 0.2) is 30.7 Å². The van der Waals surface area contributed by atoms with E-state index >= 15 is 0 Å². The van der Waals surface area contributed by atoms with Gasteiger partial charge in [0.1, 0.15) is 23.4 Å². The zero-order valence-electron chi connectivity index (χ0n) is 21.4. The fraction of sp³-hybridized carbons (Fsp3) is 0.423. The van der Waals surface area contributed by atoms with Crippen LogP contribution >= 0.6 is 0 Å². The van der Waals surface area contributed by atoms with Crippen molar-refractivity contribution in [3.8, 4) is 11.8 Å². The van der Waals surface area contributed by atoms with E-state index in [9.17, 15) is 4.79 Å². The van der Waals surface area contributed by atoms with Crippen molar-refractivity contribution in [2.24, 2.45) is 0 Å². The quantitative estimate of drug-likeness (QED) is 0.406. The summed E-state index contributed by atoms with van der Waals surface area (Å²) in [5.41, 5.74) is 8.50. The van der Waals surface area contributed by atoms with Crippen LogP contribution in [0.5, 0.6) is 0 Å². The maximum atomic E-state index is 13.0. The molecule has 1 aliphatic rings. The zero-order valence-corrected chi connectivity index (χ0v) is 21.4. The van der Waals surface area contributed by atoms with Crippen LogP contribution in [0, 0.1) is 11.8 Å². The van der Waals surface area contributed by atoms with E-state index in [0.717, 1.165) is 16.5 Å². The van der Waals surface area contributed by atoms with Crippen molar-refractivity contribution >= 4 is 33.8 Å². The topological polar surface area (TPSA) is 137 Å². The van der Waals surface area contributed by atoms with E-state index in [1.54, 1.807) is 18.2 Å². The van der Waals surface area contributed by atoms with Crippen LogP contribution in [0.4, 0.5) is 10.6 Å². The second-order valence-corrected chi connectivity index (χ2v) is 10.1. The molecule has 37 heavy (non-hydrogen) atoms. The third kappa shape index (κ3) is 5.06. The number of likely N-dealkylation sites (tertiary alicyclic amines) is 1. The van der Waals surface area contributed by atoms with Crippen LogP contribution in [0.1, 0.15) is 50.9 Å². The molecule has 2 atom stereocenters. The summed E-state index contributed by atoms with van der Waals surface area (Å²) in [6, 6.07) is 5.62. The summed E-state index contributed by atoms with van der Waals surface area (Å²) >= 11 is 0. The Hall–Kier alpha value is -4.17. The van der Waals surface area contributed by atoms with E-state index in [-0.39, 0.29) is 18.2 Å². The van der Waals surface area contributed by atoms with Gasteiger partial charge in [-0.2, -0.15) is 10.2 Å². The third-order valence-electron chi connectivity index (χ3n) is 6.31. The highest BCUT2D eigenvalue weighted by atomic mass is 16.6. The number of carbonyl (C=O) groups excluding carboxylic acids is 1. The normalized spacial score (nSPS) is 17.8. The minimum absolute atomic E-state index is 0.0607. The monoisotopic (exact) mass is 502 g/mol. The Labute approximate surface area is 214 Å². The van der Waals surface area contributed by atoms with Crippen molar-refractivity contribution < 1.29 is 14.3 Å². The van der Waals surface area contributed by atoms with Crippen LogP contribution in [0.3, 0.4) is 0 Å². The van der Waals surface area contributed by atoms with Crippen LogP contribution < -0.4 is 5.73 Å². The molecule has 4 aromatic rings. The van der Waals surface area contributed by atoms with E-state index in [2.05, 4.69) is 32.0 Å². The molecular weight excluding hydrogens is 472 g/mol. The number of hydrogen-bond donors (Lipinski definition) is 2. The van der Waals surface area contributed by atoms with Gasteiger partial charge >= 0.3 is 6.09 Å². The van der Waals surface area contributed by atoms with Gasteiger partial charge in [0.25, 0.3) is 0 Å². The Morgan fingerprint density at radius 2 is 2.11 bits per heavy atom. The summed E-state index contributed by atoms with van der Waals surface area (Å²) in [4.78, 5) is 23.4. The number of nitrogens with zero attached hydrogens (tertiary/aromatic N) is 6. The number of carbonyl (C=O) groups is 1. The number of aromatic amines is 1. The minimum atomic E-state index is -0.594. The molecule has 1 fully saturated rings. The molecule has 192 valence electrons. The number of H-pyrrole nitrogens is 1. The highest BCUT2D eigenvalue weighted by Crippen LogP contribution is 2.33. The van der Waals surface area contributed by atoms with Gasteiger partial charge in [0.2, 0.25) is 0 Å². The molecule has 0 aliphatic carbocycles. The van der Waals surface area contributed by atoms with Gasteiger partial charge in [-0.1, -0.05) is 5.92 Å². The molecule has 0 radical (unpaired) electrons. The molecule has 1 saturated heterocycles. The first-order valence-corrected chi connectivity index (χ1v) is 12.2. The Morgan fingerprint density at radius 1 is 1.27 bits per heavy atom. The van der Waals surface area contributed by atoms with Gasteiger partial charge < -0.3 is 20.1 Å². The Balaban J connectivity index is 1.50. The van der Waals surface area contributed by atoms with E-state index < -0.39 is 5.60 Å². The summed E-state index contributed by atoms with van der Waals surface area (Å²) in [6.45, 7) is 6.53. The number of fused-ring (bicyclic) bond motifs is 2. The molecule has 0 saturated carbocycles. The summed E-state index contributed by atoms with van der Waals surface area (Å²) in [5.74, 6) is 6.64. The second-order valence-electron chi connectivity index (χ2n) is 10.1. The van der Waals surface area contributed by atoms with Gasteiger partial charge in [0.15, 0.2) is 5.65 Å². The summed E-state index contributed by atoms with van der Waals surface area (Å²) in [5, 5.41) is 13.4. The average Bonchev–Trinajstić information content (AvgIpc) is 3.57. The molecule has 0 spiro atoms. The SMILES string of the molecule is COCC[C@H]1CC(n2nc(C#Cc3ccc4[nH]ncc4c3)c3c(N)ncnc32)CN1C(=O)OC(C)(C)C. The Morgan fingerprint density at radius 3 is 2.89 bits per heavy atom. The Bertz CT molecular complexity index is 1510.